The molecule has 84 valence electrons. The molecule has 0 heterocycles. The van der Waals surface area contributed by atoms with Gasteiger partial charge in [-0.3, -0.25) is 0 Å². The van der Waals surface area contributed by atoms with Crippen molar-refractivity contribution >= 4 is 23.2 Å². The Bertz CT molecular complexity index is 297. The van der Waals surface area contributed by atoms with Gasteiger partial charge in [-0.05, 0) is 30.7 Å². The van der Waals surface area contributed by atoms with Crippen LogP contribution in [0.5, 0.6) is 0 Å². The van der Waals surface area contributed by atoms with Crippen molar-refractivity contribution in [1.82, 2.24) is 5.32 Å². The fourth-order valence-electron chi connectivity index (χ4n) is 1.31. The van der Waals surface area contributed by atoms with Crippen LogP contribution in [0.1, 0.15) is 12.5 Å². The maximum Gasteiger partial charge on any atom is 0.0613 e. The lowest BCUT2D eigenvalue weighted by atomic mass is 10.2. The topological polar surface area (TPSA) is 21.3 Å². The highest BCUT2D eigenvalue weighted by Crippen LogP contribution is 2.18. The highest BCUT2D eigenvalue weighted by molar-refractivity contribution is 6.34. The molecule has 1 rings (SSSR count). The first-order valence-electron chi connectivity index (χ1n) is 4.79. The maximum atomic E-state index is 5.89. The third-order valence-corrected chi connectivity index (χ3v) is 2.43. The molecule has 0 saturated carbocycles. The van der Waals surface area contributed by atoms with Gasteiger partial charge in [-0.25, -0.2) is 0 Å². The second kappa shape index (κ2) is 6.33. The van der Waals surface area contributed by atoms with Crippen LogP contribution < -0.4 is 5.32 Å². The van der Waals surface area contributed by atoms with Gasteiger partial charge >= 0.3 is 0 Å². The standard InChI is InChI=1S/C11H15Cl2NO/c1-8(7-15-2)14-6-9-3-10(12)5-11(13)4-9/h3-5,8,14H,6-7H2,1-2H3. The molecule has 4 heteroatoms. The molecular weight excluding hydrogens is 233 g/mol. The number of ether oxygens (including phenoxy) is 1. The van der Waals surface area contributed by atoms with Gasteiger partial charge in [0, 0.05) is 29.7 Å². The Morgan fingerprint density at radius 3 is 2.40 bits per heavy atom. The average molecular weight is 248 g/mol. The van der Waals surface area contributed by atoms with Crippen LogP contribution in [0.15, 0.2) is 18.2 Å². The second-order valence-corrected chi connectivity index (χ2v) is 4.39. The van der Waals surface area contributed by atoms with Crippen molar-refractivity contribution in [3.63, 3.8) is 0 Å². The third kappa shape index (κ3) is 4.85. The first kappa shape index (κ1) is 12.8. The van der Waals surface area contributed by atoms with Crippen LogP contribution in [-0.4, -0.2) is 19.8 Å². The van der Waals surface area contributed by atoms with E-state index in [0.717, 1.165) is 12.1 Å². The Morgan fingerprint density at radius 2 is 1.87 bits per heavy atom. The first-order valence-corrected chi connectivity index (χ1v) is 5.54. The summed E-state index contributed by atoms with van der Waals surface area (Å²) in [6.07, 6.45) is 0. The van der Waals surface area contributed by atoms with E-state index < -0.39 is 0 Å². The molecule has 0 saturated heterocycles. The van der Waals surface area contributed by atoms with Crippen LogP contribution >= 0.6 is 23.2 Å². The van der Waals surface area contributed by atoms with Crippen molar-refractivity contribution in [2.45, 2.75) is 19.5 Å². The maximum absolute atomic E-state index is 5.89. The molecule has 1 aromatic rings. The lowest BCUT2D eigenvalue weighted by molar-refractivity contribution is 0.171. The quantitative estimate of drug-likeness (QED) is 0.864. The number of rotatable bonds is 5. The van der Waals surface area contributed by atoms with Gasteiger partial charge in [-0.2, -0.15) is 0 Å². The zero-order valence-electron chi connectivity index (χ0n) is 8.89. The van der Waals surface area contributed by atoms with Crippen LogP contribution in [0.4, 0.5) is 0 Å². The van der Waals surface area contributed by atoms with Gasteiger partial charge in [0.05, 0.1) is 6.61 Å². The van der Waals surface area contributed by atoms with E-state index in [0.29, 0.717) is 22.7 Å². The summed E-state index contributed by atoms with van der Waals surface area (Å²) < 4.78 is 5.02. The van der Waals surface area contributed by atoms with Gasteiger partial charge in [0.15, 0.2) is 0 Å². The van der Waals surface area contributed by atoms with E-state index in [1.54, 1.807) is 13.2 Å². The second-order valence-electron chi connectivity index (χ2n) is 3.51. The predicted octanol–water partition coefficient (Wildman–Crippen LogP) is 3.12. The summed E-state index contributed by atoms with van der Waals surface area (Å²) in [6, 6.07) is 5.85. The summed E-state index contributed by atoms with van der Waals surface area (Å²) in [6.45, 7) is 3.49. The van der Waals surface area contributed by atoms with Gasteiger partial charge in [0.2, 0.25) is 0 Å². The highest BCUT2D eigenvalue weighted by atomic mass is 35.5. The van der Waals surface area contributed by atoms with E-state index in [9.17, 15) is 0 Å². The van der Waals surface area contributed by atoms with Crippen molar-refractivity contribution in [1.29, 1.82) is 0 Å². The molecule has 0 radical (unpaired) electrons. The molecule has 0 aliphatic rings. The summed E-state index contributed by atoms with van der Waals surface area (Å²) in [5.41, 5.74) is 1.08. The molecule has 0 aliphatic carbocycles. The number of methoxy groups -OCH3 is 1. The highest BCUT2D eigenvalue weighted by Gasteiger charge is 2.02. The molecule has 0 bridgehead atoms. The third-order valence-electron chi connectivity index (χ3n) is 1.99. The lowest BCUT2D eigenvalue weighted by Crippen LogP contribution is -2.29. The molecular formula is C11H15Cl2NO. The lowest BCUT2D eigenvalue weighted by Gasteiger charge is -2.12. The molecule has 1 atom stereocenters. The van der Waals surface area contributed by atoms with Crippen LogP contribution in [0, 0.1) is 0 Å². The predicted molar refractivity (Wildman–Crippen MR) is 64.6 cm³/mol. The summed E-state index contributed by atoms with van der Waals surface area (Å²) >= 11 is 11.8. The van der Waals surface area contributed by atoms with E-state index in [4.69, 9.17) is 27.9 Å². The number of hydrogen-bond acceptors (Lipinski definition) is 2. The van der Waals surface area contributed by atoms with Crippen LogP contribution in [0.3, 0.4) is 0 Å². The number of hydrogen-bond donors (Lipinski definition) is 1. The van der Waals surface area contributed by atoms with E-state index >= 15 is 0 Å². The van der Waals surface area contributed by atoms with Gasteiger partial charge in [-0.1, -0.05) is 23.2 Å². The molecule has 0 aromatic heterocycles. The fourth-order valence-corrected chi connectivity index (χ4v) is 1.89. The minimum atomic E-state index is 0.313. The van der Waals surface area contributed by atoms with Gasteiger partial charge in [-0.15, -0.1) is 0 Å². The van der Waals surface area contributed by atoms with Gasteiger partial charge < -0.3 is 10.1 Å². The van der Waals surface area contributed by atoms with Crippen LogP contribution in [-0.2, 0) is 11.3 Å². The van der Waals surface area contributed by atoms with Gasteiger partial charge in [0.1, 0.15) is 0 Å². The molecule has 15 heavy (non-hydrogen) atoms. The molecule has 2 nitrogen and oxygen atoms in total. The number of halogens is 2. The number of nitrogens with one attached hydrogen (secondary N) is 1. The zero-order valence-corrected chi connectivity index (χ0v) is 10.4. The van der Waals surface area contributed by atoms with E-state index in [-0.39, 0.29) is 0 Å². The largest absolute Gasteiger partial charge is 0.383 e. The van der Waals surface area contributed by atoms with E-state index in [2.05, 4.69) is 12.2 Å². The molecule has 1 aromatic carbocycles. The molecule has 0 spiro atoms. The van der Waals surface area contributed by atoms with Crippen molar-refractivity contribution in [2.24, 2.45) is 0 Å². The van der Waals surface area contributed by atoms with Crippen LogP contribution in [0.25, 0.3) is 0 Å². The Labute approximate surface area is 101 Å². The monoisotopic (exact) mass is 247 g/mol. The molecule has 0 fully saturated rings. The molecule has 1 unspecified atom stereocenters. The average Bonchev–Trinajstić information content (AvgIpc) is 2.14. The van der Waals surface area contributed by atoms with Crippen LogP contribution in [0.2, 0.25) is 10.0 Å². The smallest absolute Gasteiger partial charge is 0.0613 e. The summed E-state index contributed by atoms with van der Waals surface area (Å²) in [5.74, 6) is 0. The number of benzene rings is 1. The normalized spacial score (nSPS) is 12.8. The van der Waals surface area contributed by atoms with Crippen molar-refractivity contribution < 1.29 is 4.74 Å². The van der Waals surface area contributed by atoms with E-state index in [1.165, 1.54) is 0 Å². The minimum Gasteiger partial charge on any atom is -0.383 e. The Balaban J connectivity index is 2.50. The molecule has 0 amide bonds. The summed E-state index contributed by atoms with van der Waals surface area (Å²) in [7, 11) is 1.69. The van der Waals surface area contributed by atoms with Gasteiger partial charge in [0.25, 0.3) is 0 Å². The first-order chi connectivity index (χ1) is 7.11. The van der Waals surface area contributed by atoms with Crippen molar-refractivity contribution in [3.05, 3.63) is 33.8 Å². The minimum absolute atomic E-state index is 0.313. The van der Waals surface area contributed by atoms with Crippen molar-refractivity contribution in [2.75, 3.05) is 13.7 Å². The van der Waals surface area contributed by atoms with E-state index in [1.807, 2.05) is 12.1 Å². The molecule has 0 aliphatic heterocycles. The summed E-state index contributed by atoms with van der Waals surface area (Å²) in [5, 5.41) is 4.64. The summed E-state index contributed by atoms with van der Waals surface area (Å²) in [4.78, 5) is 0. The Hall–Kier alpha value is -0.280. The fraction of sp³-hybridized carbons (Fsp3) is 0.455. The Kier molecular flexibility index (Phi) is 5.40. The SMILES string of the molecule is COCC(C)NCc1cc(Cl)cc(Cl)c1. The zero-order chi connectivity index (χ0) is 11.3. The Morgan fingerprint density at radius 1 is 1.27 bits per heavy atom. The molecule has 1 N–H and O–H groups in total. The van der Waals surface area contributed by atoms with Crippen molar-refractivity contribution in [3.8, 4) is 0 Å².